The first-order valence-corrected chi connectivity index (χ1v) is 8.87. The van der Waals surface area contributed by atoms with Crippen LogP contribution in [0.25, 0.3) is 0 Å². The lowest BCUT2D eigenvalue weighted by Gasteiger charge is -2.25. The van der Waals surface area contributed by atoms with Crippen LogP contribution in [-0.2, 0) is 11.3 Å². The van der Waals surface area contributed by atoms with Crippen molar-refractivity contribution < 1.29 is 4.79 Å². The van der Waals surface area contributed by atoms with Crippen LogP contribution in [-0.4, -0.2) is 44.8 Å². The van der Waals surface area contributed by atoms with E-state index in [0.29, 0.717) is 18.2 Å². The van der Waals surface area contributed by atoms with Crippen molar-refractivity contribution in [1.29, 1.82) is 0 Å². The minimum Gasteiger partial charge on any atom is -0.337 e. The van der Waals surface area contributed by atoms with E-state index < -0.39 is 0 Å². The smallest absolute Gasteiger partial charge is 0.224 e. The fourth-order valence-electron chi connectivity index (χ4n) is 2.04. The van der Waals surface area contributed by atoms with Crippen LogP contribution in [0.5, 0.6) is 0 Å². The molecule has 1 atom stereocenters. The Bertz CT molecular complexity index is 394. The van der Waals surface area contributed by atoms with E-state index in [9.17, 15) is 4.79 Å². The largest absolute Gasteiger partial charge is 0.337 e. The van der Waals surface area contributed by atoms with E-state index >= 15 is 0 Å². The first-order valence-electron chi connectivity index (χ1n) is 6.66. The van der Waals surface area contributed by atoms with Gasteiger partial charge in [0.25, 0.3) is 0 Å². The number of carbonyl (C=O) groups is 1. The number of rotatable bonds is 5. The lowest BCUT2D eigenvalue weighted by molar-refractivity contribution is -0.131. The average Bonchev–Trinajstić information content (AvgIpc) is 2.47. The minimum absolute atomic E-state index is 0.258. The highest BCUT2D eigenvalue weighted by atomic mass is 32.2. The quantitative estimate of drug-likeness (QED) is 0.836. The molecular formula is C14H20N2OS2. The van der Waals surface area contributed by atoms with E-state index in [-0.39, 0.29) is 5.91 Å². The monoisotopic (exact) mass is 296 g/mol. The molecule has 0 aromatic carbocycles. The Morgan fingerprint density at radius 1 is 1.47 bits per heavy atom. The molecule has 19 heavy (non-hydrogen) atoms. The second-order valence-corrected chi connectivity index (χ2v) is 7.06. The van der Waals surface area contributed by atoms with Gasteiger partial charge in [-0.2, -0.15) is 23.5 Å². The molecule has 1 aliphatic heterocycles. The van der Waals surface area contributed by atoms with Gasteiger partial charge in [0, 0.05) is 41.7 Å². The molecule has 2 heterocycles. The van der Waals surface area contributed by atoms with Gasteiger partial charge in [0.2, 0.25) is 5.91 Å². The number of pyridine rings is 1. The van der Waals surface area contributed by atoms with Gasteiger partial charge in [-0.3, -0.25) is 9.78 Å². The molecule has 0 unspecified atom stereocenters. The highest BCUT2D eigenvalue weighted by Gasteiger charge is 2.21. The summed E-state index contributed by atoms with van der Waals surface area (Å²) in [5.74, 6) is 3.76. The van der Waals surface area contributed by atoms with Crippen LogP contribution >= 0.6 is 23.5 Å². The van der Waals surface area contributed by atoms with Crippen molar-refractivity contribution in [3.8, 4) is 0 Å². The van der Waals surface area contributed by atoms with Crippen LogP contribution in [0, 0.1) is 0 Å². The summed E-state index contributed by atoms with van der Waals surface area (Å²) in [4.78, 5) is 18.5. The van der Waals surface area contributed by atoms with Crippen LogP contribution < -0.4 is 0 Å². The average molecular weight is 296 g/mol. The number of hydrogen-bond donors (Lipinski definition) is 0. The number of thioether (sulfide) groups is 2. The molecule has 5 heteroatoms. The van der Waals surface area contributed by atoms with Gasteiger partial charge in [-0.25, -0.2) is 0 Å². The fourth-order valence-corrected chi connectivity index (χ4v) is 4.71. The molecule has 1 saturated heterocycles. The highest BCUT2D eigenvalue weighted by molar-refractivity contribution is 8.06. The Morgan fingerprint density at radius 3 is 3.00 bits per heavy atom. The fraction of sp³-hybridized carbons (Fsp3) is 0.571. The minimum atomic E-state index is 0.258. The summed E-state index contributed by atoms with van der Waals surface area (Å²) >= 11 is 3.91. The summed E-state index contributed by atoms with van der Waals surface area (Å²) < 4.78 is 0. The molecular weight excluding hydrogens is 276 g/mol. The van der Waals surface area contributed by atoms with E-state index in [4.69, 9.17) is 0 Å². The molecule has 1 aromatic heterocycles. The summed E-state index contributed by atoms with van der Waals surface area (Å²) in [6, 6.07) is 5.84. The summed E-state index contributed by atoms with van der Waals surface area (Å²) in [6.07, 6.45) is 2.44. The third-order valence-corrected chi connectivity index (χ3v) is 5.95. The Balaban J connectivity index is 1.87. The van der Waals surface area contributed by atoms with Crippen molar-refractivity contribution in [3.63, 3.8) is 0 Å². The Kier molecular flexibility index (Phi) is 6.04. The molecule has 0 spiro atoms. The van der Waals surface area contributed by atoms with Gasteiger partial charge in [0.1, 0.15) is 0 Å². The molecule has 3 nitrogen and oxygen atoms in total. The summed E-state index contributed by atoms with van der Waals surface area (Å²) in [6.45, 7) is 3.41. The number of nitrogens with zero attached hydrogens (tertiary/aromatic N) is 2. The Morgan fingerprint density at radius 2 is 2.37 bits per heavy atom. The second-order valence-electron chi connectivity index (χ2n) is 4.50. The molecule has 1 aromatic rings. The normalized spacial score (nSPS) is 19.1. The Hall–Kier alpha value is -0.680. The summed E-state index contributed by atoms with van der Waals surface area (Å²) in [5.41, 5.74) is 0.961. The van der Waals surface area contributed by atoms with Crippen LogP contribution in [0.3, 0.4) is 0 Å². The van der Waals surface area contributed by atoms with Crippen molar-refractivity contribution in [1.82, 2.24) is 9.88 Å². The first kappa shape index (κ1) is 14.7. The topological polar surface area (TPSA) is 33.2 Å². The molecule has 1 fully saturated rings. The number of amides is 1. The van der Waals surface area contributed by atoms with Crippen LogP contribution in [0.4, 0.5) is 0 Å². The van der Waals surface area contributed by atoms with Gasteiger partial charge in [-0.15, -0.1) is 0 Å². The van der Waals surface area contributed by atoms with Gasteiger partial charge in [0.05, 0.1) is 12.2 Å². The maximum Gasteiger partial charge on any atom is 0.224 e. The standard InChI is InChI=1S/C14H20N2OS2/c1-2-16(10-12-5-3-4-6-15-12)14(17)9-13-11-18-7-8-19-13/h3-6,13H,2,7-11H2,1H3/t13-/m0/s1. The van der Waals surface area contributed by atoms with E-state index in [1.807, 2.05) is 53.5 Å². The highest BCUT2D eigenvalue weighted by Crippen LogP contribution is 2.26. The maximum atomic E-state index is 12.3. The lowest BCUT2D eigenvalue weighted by Crippen LogP contribution is -2.33. The zero-order chi connectivity index (χ0) is 13.5. The van der Waals surface area contributed by atoms with Crippen molar-refractivity contribution in [3.05, 3.63) is 30.1 Å². The third-order valence-electron chi connectivity index (χ3n) is 3.10. The number of aromatic nitrogens is 1. The molecule has 104 valence electrons. The zero-order valence-corrected chi connectivity index (χ0v) is 12.9. The first-order chi connectivity index (χ1) is 9.29. The molecule has 0 radical (unpaired) electrons. The maximum absolute atomic E-state index is 12.3. The molecule has 0 N–H and O–H groups in total. The van der Waals surface area contributed by atoms with Crippen LogP contribution in [0.2, 0.25) is 0 Å². The lowest BCUT2D eigenvalue weighted by atomic mass is 10.2. The molecule has 1 aliphatic rings. The van der Waals surface area contributed by atoms with Crippen molar-refractivity contribution >= 4 is 29.4 Å². The van der Waals surface area contributed by atoms with Gasteiger partial charge < -0.3 is 4.90 Å². The van der Waals surface area contributed by atoms with Gasteiger partial charge in [0.15, 0.2) is 0 Å². The van der Waals surface area contributed by atoms with Crippen molar-refractivity contribution in [2.45, 2.75) is 25.1 Å². The van der Waals surface area contributed by atoms with Gasteiger partial charge >= 0.3 is 0 Å². The molecule has 0 bridgehead atoms. The summed E-state index contributed by atoms with van der Waals surface area (Å²) in [7, 11) is 0. The SMILES string of the molecule is CCN(Cc1ccccn1)C(=O)C[C@H]1CSCCS1. The molecule has 1 amide bonds. The van der Waals surface area contributed by atoms with E-state index in [0.717, 1.165) is 18.0 Å². The zero-order valence-electron chi connectivity index (χ0n) is 11.2. The van der Waals surface area contributed by atoms with E-state index in [1.54, 1.807) is 6.20 Å². The molecule has 0 saturated carbocycles. The van der Waals surface area contributed by atoms with Crippen molar-refractivity contribution in [2.75, 3.05) is 23.8 Å². The van der Waals surface area contributed by atoms with Crippen LogP contribution in [0.15, 0.2) is 24.4 Å². The van der Waals surface area contributed by atoms with Gasteiger partial charge in [-0.05, 0) is 19.1 Å². The predicted molar refractivity (Wildman–Crippen MR) is 83.5 cm³/mol. The number of hydrogen-bond acceptors (Lipinski definition) is 4. The number of carbonyl (C=O) groups excluding carboxylic acids is 1. The van der Waals surface area contributed by atoms with E-state index in [1.165, 1.54) is 11.5 Å². The Labute approximate surface area is 123 Å². The van der Waals surface area contributed by atoms with Crippen molar-refractivity contribution in [2.24, 2.45) is 0 Å². The van der Waals surface area contributed by atoms with Crippen LogP contribution in [0.1, 0.15) is 19.0 Å². The second kappa shape index (κ2) is 7.80. The predicted octanol–water partition coefficient (Wildman–Crippen LogP) is 2.67. The summed E-state index contributed by atoms with van der Waals surface area (Å²) in [5, 5.41) is 0.490. The third kappa shape index (κ3) is 4.73. The van der Waals surface area contributed by atoms with Gasteiger partial charge in [-0.1, -0.05) is 6.07 Å². The molecule has 0 aliphatic carbocycles. The molecule has 2 rings (SSSR count). The van der Waals surface area contributed by atoms with E-state index in [2.05, 4.69) is 4.98 Å².